The van der Waals surface area contributed by atoms with Gasteiger partial charge in [-0.1, -0.05) is 30.0 Å². The molecule has 2 saturated heterocycles. The van der Waals surface area contributed by atoms with Gasteiger partial charge in [0, 0.05) is 43.9 Å². The van der Waals surface area contributed by atoms with E-state index in [9.17, 15) is 14.4 Å². The van der Waals surface area contributed by atoms with Crippen molar-refractivity contribution in [3.05, 3.63) is 42.0 Å². The highest BCUT2D eigenvalue weighted by Crippen LogP contribution is 2.29. The van der Waals surface area contributed by atoms with Gasteiger partial charge in [0.15, 0.2) is 5.17 Å². The Labute approximate surface area is 187 Å². The number of piperidine rings is 2. The molecular weight excluding hydrogens is 412 g/mol. The number of benzene rings is 1. The maximum absolute atomic E-state index is 12.8. The van der Waals surface area contributed by atoms with Crippen molar-refractivity contribution < 1.29 is 14.4 Å². The van der Waals surface area contributed by atoms with Gasteiger partial charge in [-0.05, 0) is 50.3 Å². The fourth-order valence-corrected chi connectivity index (χ4v) is 5.17. The summed E-state index contributed by atoms with van der Waals surface area (Å²) in [6.07, 6.45) is 5.16. The number of likely N-dealkylation sites (tertiary alicyclic amines) is 2. The van der Waals surface area contributed by atoms with Gasteiger partial charge in [-0.25, -0.2) is 0 Å². The summed E-state index contributed by atoms with van der Waals surface area (Å²) in [5.74, 6) is -0.527. The Balaban J connectivity index is 1.32. The SMILES string of the molecule is C=C1CCN(C(=O)c2cccc(NC(=O)CC3SC(N4CCCCC4)=NC3=O)c2)CC1. The minimum atomic E-state index is -0.483. The molecule has 164 valence electrons. The predicted molar refractivity (Wildman–Crippen MR) is 123 cm³/mol. The van der Waals surface area contributed by atoms with Crippen molar-refractivity contribution >= 4 is 40.3 Å². The number of nitrogens with one attached hydrogen (secondary N) is 1. The minimum Gasteiger partial charge on any atom is -0.351 e. The van der Waals surface area contributed by atoms with Gasteiger partial charge in [0.1, 0.15) is 5.25 Å². The zero-order valence-electron chi connectivity index (χ0n) is 17.6. The van der Waals surface area contributed by atoms with Crippen LogP contribution >= 0.6 is 11.8 Å². The van der Waals surface area contributed by atoms with Gasteiger partial charge >= 0.3 is 0 Å². The number of carbonyl (C=O) groups excluding carboxylic acids is 3. The van der Waals surface area contributed by atoms with Gasteiger partial charge in [-0.3, -0.25) is 14.4 Å². The van der Waals surface area contributed by atoms with Gasteiger partial charge in [0.05, 0.1) is 0 Å². The number of thioether (sulfide) groups is 1. The number of anilines is 1. The van der Waals surface area contributed by atoms with E-state index in [1.54, 1.807) is 24.3 Å². The lowest BCUT2D eigenvalue weighted by molar-refractivity contribution is -0.121. The minimum absolute atomic E-state index is 0.0373. The Kier molecular flexibility index (Phi) is 6.75. The Morgan fingerprint density at radius 2 is 1.87 bits per heavy atom. The second-order valence-corrected chi connectivity index (χ2v) is 9.43. The highest BCUT2D eigenvalue weighted by Gasteiger charge is 2.33. The first-order chi connectivity index (χ1) is 15.0. The number of aliphatic imine (C=N–C) groups is 1. The number of amides is 3. The highest BCUT2D eigenvalue weighted by atomic mass is 32.2. The van der Waals surface area contributed by atoms with Gasteiger partial charge in [-0.15, -0.1) is 0 Å². The quantitative estimate of drug-likeness (QED) is 0.727. The smallest absolute Gasteiger partial charge is 0.262 e. The highest BCUT2D eigenvalue weighted by molar-refractivity contribution is 8.15. The average Bonchev–Trinajstić information content (AvgIpc) is 3.14. The summed E-state index contributed by atoms with van der Waals surface area (Å²) >= 11 is 1.39. The number of carbonyl (C=O) groups is 3. The van der Waals surface area contributed by atoms with Gasteiger partial charge in [-0.2, -0.15) is 4.99 Å². The third kappa shape index (κ3) is 5.36. The summed E-state index contributed by atoms with van der Waals surface area (Å²) in [6, 6.07) is 6.98. The van der Waals surface area contributed by atoms with Crippen LogP contribution in [0.25, 0.3) is 0 Å². The van der Waals surface area contributed by atoms with E-state index < -0.39 is 5.25 Å². The standard InChI is InChI=1S/C23H28N4O3S/c1-16-8-12-26(13-9-16)22(30)17-6-5-7-18(14-17)24-20(28)15-19-21(29)25-23(31-19)27-10-3-2-4-11-27/h5-7,14,19H,1-4,8-13,15H2,(H,24,28). The van der Waals surface area contributed by atoms with Crippen LogP contribution < -0.4 is 5.32 Å². The molecule has 2 fully saturated rings. The molecule has 0 aliphatic carbocycles. The molecule has 7 nitrogen and oxygen atoms in total. The third-order valence-corrected chi connectivity index (χ3v) is 7.09. The van der Waals surface area contributed by atoms with Gasteiger partial charge in [0.2, 0.25) is 5.91 Å². The van der Waals surface area contributed by atoms with E-state index in [0.29, 0.717) is 24.3 Å². The first kappa shape index (κ1) is 21.6. The fourth-order valence-electron chi connectivity index (χ4n) is 4.05. The predicted octanol–water partition coefficient (Wildman–Crippen LogP) is 3.29. The number of hydrogen-bond donors (Lipinski definition) is 1. The molecule has 1 unspecified atom stereocenters. The largest absolute Gasteiger partial charge is 0.351 e. The summed E-state index contributed by atoms with van der Waals surface area (Å²) in [5.41, 5.74) is 2.29. The zero-order chi connectivity index (χ0) is 21.8. The molecule has 31 heavy (non-hydrogen) atoms. The van der Waals surface area contributed by atoms with E-state index in [0.717, 1.165) is 43.9 Å². The number of rotatable bonds is 4. The van der Waals surface area contributed by atoms with Crippen LogP contribution in [-0.2, 0) is 9.59 Å². The Hall–Kier alpha value is -2.61. The first-order valence-electron chi connectivity index (χ1n) is 10.9. The molecule has 3 aliphatic heterocycles. The molecule has 3 heterocycles. The molecule has 0 spiro atoms. The second kappa shape index (κ2) is 9.68. The lowest BCUT2D eigenvalue weighted by atomic mass is 10.0. The molecule has 4 rings (SSSR count). The molecule has 1 atom stereocenters. The van der Waals surface area contributed by atoms with Crippen LogP contribution in [0.1, 0.15) is 48.9 Å². The maximum Gasteiger partial charge on any atom is 0.262 e. The van der Waals surface area contributed by atoms with E-state index in [1.807, 2.05) is 4.90 Å². The van der Waals surface area contributed by atoms with Gasteiger partial charge < -0.3 is 15.1 Å². The van der Waals surface area contributed by atoms with Crippen molar-refractivity contribution in [3.63, 3.8) is 0 Å². The molecule has 1 N–H and O–H groups in total. The van der Waals surface area contributed by atoms with Crippen LogP contribution in [0.5, 0.6) is 0 Å². The normalized spacial score (nSPS) is 21.8. The lowest BCUT2D eigenvalue weighted by Crippen LogP contribution is -2.36. The van der Waals surface area contributed by atoms with Crippen molar-refractivity contribution in [2.45, 2.75) is 43.8 Å². The first-order valence-corrected chi connectivity index (χ1v) is 11.8. The number of hydrogen-bond acceptors (Lipinski definition) is 5. The van der Waals surface area contributed by atoms with Crippen molar-refractivity contribution in [3.8, 4) is 0 Å². The Bertz CT molecular complexity index is 913. The summed E-state index contributed by atoms with van der Waals surface area (Å²) in [5, 5.41) is 3.10. The van der Waals surface area contributed by atoms with Crippen molar-refractivity contribution in [1.82, 2.24) is 9.80 Å². The van der Waals surface area contributed by atoms with Crippen molar-refractivity contribution in [2.75, 3.05) is 31.5 Å². The van der Waals surface area contributed by atoms with E-state index in [2.05, 4.69) is 21.8 Å². The molecule has 0 radical (unpaired) electrons. The molecule has 1 aromatic carbocycles. The van der Waals surface area contributed by atoms with E-state index in [1.165, 1.54) is 23.8 Å². The topological polar surface area (TPSA) is 82.1 Å². The van der Waals surface area contributed by atoms with Crippen LogP contribution in [0.3, 0.4) is 0 Å². The van der Waals surface area contributed by atoms with Crippen molar-refractivity contribution in [1.29, 1.82) is 0 Å². The molecule has 3 amide bonds. The van der Waals surface area contributed by atoms with Crippen LogP contribution in [-0.4, -0.2) is 64.1 Å². The summed E-state index contributed by atoms with van der Waals surface area (Å²) in [7, 11) is 0. The van der Waals surface area contributed by atoms with Crippen molar-refractivity contribution in [2.24, 2.45) is 4.99 Å². The van der Waals surface area contributed by atoms with Crippen LogP contribution in [0.4, 0.5) is 5.69 Å². The Morgan fingerprint density at radius 1 is 1.13 bits per heavy atom. The van der Waals surface area contributed by atoms with Gasteiger partial charge in [0.25, 0.3) is 11.8 Å². The number of amidine groups is 1. The summed E-state index contributed by atoms with van der Waals surface area (Å²) < 4.78 is 0. The second-order valence-electron chi connectivity index (χ2n) is 8.26. The average molecular weight is 441 g/mol. The molecule has 0 aromatic heterocycles. The van der Waals surface area contributed by atoms with Crippen LogP contribution in [0.15, 0.2) is 41.4 Å². The number of nitrogens with zero attached hydrogens (tertiary/aromatic N) is 3. The molecule has 0 bridgehead atoms. The van der Waals surface area contributed by atoms with E-state index in [-0.39, 0.29) is 24.1 Å². The van der Waals surface area contributed by atoms with E-state index >= 15 is 0 Å². The Morgan fingerprint density at radius 3 is 2.61 bits per heavy atom. The molecule has 1 aromatic rings. The van der Waals surface area contributed by atoms with Crippen LogP contribution in [0.2, 0.25) is 0 Å². The fraction of sp³-hybridized carbons (Fsp3) is 0.478. The molecular formula is C23H28N4O3S. The zero-order valence-corrected chi connectivity index (χ0v) is 18.5. The molecule has 3 aliphatic rings. The third-order valence-electron chi connectivity index (χ3n) is 5.88. The monoisotopic (exact) mass is 440 g/mol. The summed E-state index contributed by atoms with van der Waals surface area (Å²) in [6.45, 7) is 7.18. The molecule has 0 saturated carbocycles. The maximum atomic E-state index is 12.8. The van der Waals surface area contributed by atoms with E-state index in [4.69, 9.17) is 0 Å². The summed E-state index contributed by atoms with van der Waals surface area (Å²) in [4.78, 5) is 45.8. The van der Waals surface area contributed by atoms with Crippen LogP contribution in [0, 0.1) is 0 Å². The lowest BCUT2D eigenvalue weighted by Gasteiger charge is -2.28. The molecule has 8 heteroatoms.